The third-order valence-electron chi connectivity index (χ3n) is 3.79. The van der Waals surface area contributed by atoms with E-state index in [4.69, 9.17) is 4.74 Å². The van der Waals surface area contributed by atoms with Gasteiger partial charge < -0.3 is 14.9 Å². The molecule has 0 fully saturated rings. The lowest BCUT2D eigenvalue weighted by Crippen LogP contribution is -2.37. The lowest BCUT2D eigenvalue weighted by atomic mass is 10.0. The van der Waals surface area contributed by atoms with Gasteiger partial charge in [-0.1, -0.05) is 71.6 Å². The Labute approximate surface area is 125 Å². The van der Waals surface area contributed by atoms with Crippen LogP contribution in [0.3, 0.4) is 0 Å². The normalized spacial score (nSPS) is 14.4. The van der Waals surface area contributed by atoms with Crippen LogP contribution in [0.4, 0.5) is 0 Å². The average molecular weight is 288 g/mol. The van der Waals surface area contributed by atoms with Crippen LogP contribution in [-0.2, 0) is 4.74 Å². The van der Waals surface area contributed by atoms with Gasteiger partial charge >= 0.3 is 0 Å². The van der Waals surface area contributed by atoms with Crippen molar-refractivity contribution in [2.45, 2.75) is 96.7 Å². The zero-order valence-electron chi connectivity index (χ0n) is 13.7. The van der Waals surface area contributed by atoms with E-state index >= 15 is 0 Å². The number of rotatable bonds is 15. The lowest BCUT2D eigenvalue weighted by molar-refractivity contribution is -0.228. The molecule has 0 amide bonds. The van der Waals surface area contributed by atoms with Gasteiger partial charge in [0.2, 0.25) is 0 Å². The van der Waals surface area contributed by atoms with E-state index in [0.29, 0.717) is 13.0 Å². The quantitative estimate of drug-likeness (QED) is 0.347. The number of hydrogen-bond donors (Lipinski definition) is 2. The topological polar surface area (TPSA) is 49.7 Å². The molecule has 0 saturated carbocycles. The first-order valence-corrected chi connectivity index (χ1v) is 8.65. The van der Waals surface area contributed by atoms with Crippen molar-refractivity contribution in [3.63, 3.8) is 0 Å². The Kier molecular flexibility index (Phi) is 13.8. The van der Waals surface area contributed by atoms with Gasteiger partial charge in [-0.2, -0.15) is 0 Å². The molecule has 0 bridgehead atoms. The van der Waals surface area contributed by atoms with Gasteiger partial charge in [0.25, 0.3) is 0 Å². The van der Waals surface area contributed by atoms with E-state index in [1.165, 1.54) is 38.5 Å². The Morgan fingerprint density at radius 2 is 1.25 bits per heavy atom. The zero-order valence-corrected chi connectivity index (χ0v) is 13.7. The van der Waals surface area contributed by atoms with Gasteiger partial charge in [-0.3, -0.25) is 0 Å². The van der Waals surface area contributed by atoms with E-state index in [-0.39, 0.29) is 6.61 Å². The van der Waals surface area contributed by atoms with Crippen molar-refractivity contribution < 1.29 is 14.9 Å². The molecule has 0 rings (SSSR count). The minimum absolute atomic E-state index is 0.296. The summed E-state index contributed by atoms with van der Waals surface area (Å²) in [5.74, 6) is -1.31. The third-order valence-corrected chi connectivity index (χ3v) is 3.79. The number of aliphatic hydroxyl groups is 2. The van der Waals surface area contributed by atoms with Crippen molar-refractivity contribution in [3.05, 3.63) is 0 Å². The molecule has 0 aromatic carbocycles. The Bertz CT molecular complexity index is 197. The number of aliphatic hydroxyl groups excluding tert-OH is 1. The smallest absolute Gasteiger partial charge is 0.188 e. The van der Waals surface area contributed by atoms with Crippen LogP contribution in [-0.4, -0.2) is 29.2 Å². The Balaban J connectivity index is 3.51. The highest BCUT2D eigenvalue weighted by atomic mass is 16.6. The summed E-state index contributed by atoms with van der Waals surface area (Å²) in [6.45, 7) is 4.62. The second-order valence-corrected chi connectivity index (χ2v) is 5.88. The number of ether oxygens (including phenoxy) is 1. The summed E-state index contributed by atoms with van der Waals surface area (Å²) in [6.07, 6.45) is 13.6. The van der Waals surface area contributed by atoms with Gasteiger partial charge in [-0.15, -0.1) is 0 Å². The molecule has 0 aliphatic heterocycles. The average Bonchev–Trinajstić information content (AvgIpc) is 2.46. The molecule has 0 saturated heterocycles. The van der Waals surface area contributed by atoms with Gasteiger partial charge in [-0.25, -0.2) is 0 Å². The predicted molar refractivity (Wildman–Crippen MR) is 84.7 cm³/mol. The Morgan fingerprint density at radius 3 is 1.80 bits per heavy atom. The van der Waals surface area contributed by atoms with Crippen LogP contribution in [0.15, 0.2) is 0 Å². The fourth-order valence-corrected chi connectivity index (χ4v) is 2.35. The van der Waals surface area contributed by atoms with Gasteiger partial charge in [0.1, 0.15) is 0 Å². The van der Waals surface area contributed by atoms with E-state index in [2.05, 4.69) is 13.8 Å². The Hall–Kier alpha value is -0.120. The maximum atomic E-state index is 10.1. The summed E-state index contributed by atoms with van der Waals surface area (Å²) < 4.78 is 5.45. The molecule has 0 aromatic rings. The molecular formula is C17H36O3. The Morgan fingerprint density at radius 1 is 0.750 bits per heavy atom. The second kappa shape index (κ2) is 13.8. The van der Waals surface area contributed by atoms with Gasteiger partial charge in [-0.05, 0) is 12.8 Å². The van der Waals surface area contributed by atoms with Crippen LogP contribution in [0.2, 0.25) is 0 Å². The fourth-order valence-electron chi connectivity index (χ4n) is 2.35. The molecule has 2 N–H and O–H groups in total. The summed E-state index contributed by atoms with van der Waals surface area (Å²) in [5, 5.41) is 19.4. The van der Waals surface area contributed by atoms with Crippen LogP contribution < -0.4 is 0 Å². The van der Waals surface area contributed by atoms with Crippen molar-refractivity contribution in [1.82, 2.24) is 0 Å². The summed E-state index contributed by atoms with van der Waals surface area (Å²) in [7, 11) is 0. The van der Waals surface area contributed by atoms with E-state index in [1.807, 2.05) is 0 Å². The minimum atomic E-state index is -1.31. The monoisotopic (exact) mass is 288 g/mol. The van der Waals surface area contributed by atoms with Crippen LogP contribution in [0.5, 0.6) is 0 Å². The SMILES string of the molecule is CCCCCCCCCCC(O)(CO)OCCCCC. The molecule has 20 heavy (non-hydrogen) atoms. The third kappa shape index (κ3) is 11.7. The van der Waals surface area contributed by atoms with Gasteiger partial charge in [0.05, 0.1) is 13.2 Å². The van der Waals surface area contributed by atoms with E-state index in [9.17, 15) is 10.2 Å². The molecule has 0 aromatic heterocycles. The van der Waals surface area contributed by atoms with Crippen molar-refractivity contribution in [3.8, 4) is 0 Å². The lowest BCUT2D eigenvalue weighted by Gasteiger charge is -2.26. The largest absolute Gasteiger partial charge is 0.391 e. The molecule has 0 spiro atoms. The van der Waals surface area contributed by atoms with Gasteiger partial charge in [0, 0.05) is 6.42 Å². The molecule has 3 heteroatoms. The molecular weight excluding hydrogens is 252 g/mol. The highest BCUT2D eigenvalue weighted by molar-refractivity contribution is 4.66. The van der Waals surface area contributed by atoms with Crippen LogP contribution in [0.1, 0.15) is 90.9 Å². The molecule has 3 nitrogen and oxygen atoms in total. The summed E-state index contributed by atoms with van der Waals surface area (Å²) in [6, 6.07) is 0. The van der Waals surface area contributed by atoms with Crippen LogP contribution >= 0.6 is 0 Å². The fraction of sp³-hybridized carbons (Fsp3) is 1.00. The second-order valence-electron chi connectivity index (χ2n) is 5.88. The van der Waals surface area contributed by atoms with Crippen molar-refractivity contribution in [1.29, 1.82) is 0 Å². The van der Waals surface area contributed by atoms with Crippen molar-refractivity contribution >= 4 is 0 Å². The summed E-state index contributed by atoms with van der Waals surface area (Å²) in [4.78, 5) is 0. The summed E-state index contributed by atoms with van der Waals surface area (Å²) >= 11 is 0. The van der Waals surface area contributed by atoms with Crippen molar-refractivity contribution in [2.24, 2.45) is 0 Å². The molecule has 0 heterocycles. The molecule has 1 unspecified atom stereocenters. The van der Waals surface area contributed by atoms with E-state index in [0.717, 1.165) is 32.1 Å². The molecule has 1 atom stereocenters. The van der Waals surface area contributed by atoms with E-state index < -0.39 is 5.79 Å². The molecule has 0 aliphatic carbocycles. The maximum absolute atomic E-state index is 10.1. The molecule has 0 radical (unpaired) electrons. The minimum Gasteiger partial charge on any atom is -0.391 e. The highest BCUT2D eigenvalue weighted by Gasteiger charge is 2.25. The first-order chi connectivity index (χ1) is 9.68. The number of hydrogen-bond acceptors (Lipinski definition) is 3. The molecule has 0 aliphatic rings. The first-order valence-electron chi connectivity index (χ1n) is 8.65. The summed E-state index contributed by atoms with van der Waals surface area (Å²) in [5.41, 5.74) is 0. The van der Waals surface area contributed by atoms with Crippen LogP contribution in [0.25, 0.3) is 0 Å². The first kappa shape index (κ1) is 19.9. The van der Waals surface area contributed by atoms with Crippen molar-refractivity contribution in [2.75, 3.05) is 13.2 Å². The predicted octanol–water partition coefficient (Wildman–Crippen LogP) is 4.40. The van der Waals surface area contributed by atoms with Crippen LogP contribution in [0, 0.1) is 0 Å². The standard InChI is InChI=1S/C17H36O3/c1-3-5-7-8-9-10-11-12-14-17(19,16-18)20-15-13-6-4-2/h18-19H,3-16H2,1-2H3. The highest BCUT2D eigenvalue weighted by Crippen LogP contribution is 2.18. The molecule has 122 valence electrons. The van der Waals surface area contributed by atoms with E-state index in [1.54, 1.807) is 0 Å². The maximum Gasteiger partial charge on any atom is 0.188 e. The number of unbranched alkanes of at least 4 members (excludes halogenated alkanes) is 9. The van der Waals surface area contributed by atoms with Gasteiger partial charge in [0.15, 0.2) is 5.79 Å². The zero-order chi connectivity index (χ0) is 15.1.